The lowest BCUT2D eigenvalue weighted by atomic mass is 9.95. The Bertz CT molecular complexity index is 5030. The molecule has 0 radical (unpaired) electrons. The molecule has 0 fully saturated rings. The van der Waals surface area contributed by atoms with Crippen LogP contribution in [0.15, 0.2) is 251 Å². The lowest BCUT2D eigenvalue weighted by Gasteiger charge is -2.25. The van der Waals surface area contributed by atoms with Gasteiger partial charge in [0.1, 0.15) is 22.3 Å². The van der Waals surface area contributed by atoms with Crippen molar-refractivity contribution in [3.8, 4) is 11.4 Å². The first kappa shape index (κ1) is 53.2. The van der Waals surface area contributed by atoms with Gasteiger partial charge in [0, 0.05) is 101 Å². The van der Waals surface area contributed by atoms with E-state index in [9.17, 15) is 0 Å². The number of hydrogen-bond acceptors (Lipinski definition) is 4. The van der Waals surface area contributed by atoms with Crippen molar-refractivity contribution in [3.05, 3.63) is 265 Å². The van der Waals surface area contributed by atoms with E-state index in [4.69, 9.17) is 8.83 Å². The van der Waals surface area contributed by atoms with E-state index in [-0.39, 0.29) is 0 Å². The molecule has 428 valence electrons. The molecule has 0 bridgehead atoms. The lowest BCUT2D eigenvalue weighted by molar-refractivity contribution is 0.668. The summed E-state index contributed by atoms with van der Waals surface area (Å²) in [5.41, 5.74) is 22.2. The van der Waals surface area contributed by atoms with Crippen molar-refractivity contribution >= 4 is 132 Å². The molecule has 0 aliphatic rings. The Kier molecular flexibility index (Phi) is 12.5. The van der Waals surface area contributed by atoms with Crippen LogP contribution in [0.3, 0.4) is 0 Å². The molecule has 0 saturated carbocycles. The molecule has 6 heteroatoms. The van der Waals surface area contributed by atoms with Crippen molar-refractivity contribution in [3.63, 3.8) is 0 Å². The molecule has 0 saturated heterocycles. The quantitative estimate of drug-likeness (QED) is 0.122. The van der Waals surface area contributed by atoms with Gasteiger partial charge in [0.15, 0.2) is 0 Å². The van der Waals surface area contributed by atoms with Crippen LogP contribution in [0.25, 0.3) is 110 Å². The second-order valence-electron chi connectivity index (χ2n) is 25.3. The number of anilines is 6. The van der Waals surface area contributed by atoms with E-state index >= 15 is 0 Å². The number of aromatic nitrogens is 2. The van der Waals surface area contributed by atoms with Gasteiger partial charge in [0.25, 0.3) is 0 Å². The van der Waals surface area contributed by atoms with E-state index in [0.717, 1.165) is 88.8 Å². The maximum Gasteiger partial charge on any atom is 0.137 e. The van der Waals surface area contributed by atoms with Gasteiger partial charge in [-0.15, -0.1) is 0 Å². The van der Waals surface area contributed by atoms with E-state index in [1.165, 1.54) is 77.2 Å². The van der Waals surface area contributed by atoms with Crippen LogP contribution in [0.5, 0.6) is 0 Å². The number of para-hydroxylation sites is 4. The predicted octanol–water partition coefficient (Wildman–Crippen LogP) is 24.3. The molecule has 12 aromatic carbocycles. The van der Waals surface area contributed by atoms with Crippen LogP contribution in [-0.2, 0) is 0 Å². The zero-order valence-electron chi connectivity index (χ0n) is 51.0. The van der Waals surface area contributed by atoms with Crippen LogP contribution >= 0.6 is 0 Å². The van der Waals surface area contributed by atoms with Crippen LogP contribution in [0.1, 0.15) is 101 Å². The Morgan fingerprint density at radius 2 is 0.580 bits per heavy atom. The topological polar surface area (TPSA) is 42.6 Å². The summed E-state index contributed by atoms with van der Waals surface area (Å²) in [4.78, 5) is 4.71. The Balaban J connectivity index is 0.794. The Morgan fingerprint density at radius 1 is 0.250 bits per heavy atom. The zero-order valence-corrected chi connectivity index (χ0v) is 51.0. The van der Waals surface area contributed by atoms with Crippen molar-refractivity contribution in [1.29, 1.82) is 0 Å². The standard InChI is InChI=1S/C82H68N4O2/c1-49(2)53-39-54(50(3)4)42-63(41-53)85-73-25-17-15-23-65(73)71-45-59(29-35-75(71)85)83(57-19-11-9-12-20-57)61-27-31-69-79(47-61)87-77-37-33-68-67(81(69)77)34-38-78-82(68)70-32-28-62(48-80(70)88-78)84(58-21-13-10-14-22-58)60-30-36-76-72(46-60)66-24-16-18-26-74(66)86(76)64-43-55(51(5)6)40-56(44-64)52(7)8/h9-52H,1-8H3. The van der Waals surface area contributed by atoms with Gasteiger partial charge in [-0.2, -0.15) is 0 Å². The number of benzene rings is 12. The van der Waals surface area contributed by atoms with Gasteiger partial charge in [-0.05, 0) is 202 Å². The summed E-state index contributed by atoms with van der Waals surface area (Å²) >= 11 is 0. The SMILES string of the molecule is CC(C)c1cc(C(C)C)cc(-n2c3ccccc3c3cc(N(c4ccccc4)c4ccc5c(c4)oc4ccc6c(ccc7oc8cc(N(c9ccccc9)c9ccc%10c(c9)c9ccccc9n%10-c9cc(C(C)C)cc(C(C)C)c9)ccc8c76)c45)ccc32)c1. The van der Waals surface area contributed by atoms with Gasteiger partial charge in [-0.1, -0.05) is 140 Å². The summed E-state index contributed by atoms with van der Waals surface area (Å²) in [5, 5.41) is 11.4. The molecule has 88 heavy (non-hydrogen) atoms. The lowest BCUT2D eigenvalue weighted by Crippen LogP contribution is -2.09. The summed E-state index contributed by atoms with van der Waals surface area (Å²) in [6, 6.07) is 89.3. The first-order valence-corrected chi connectivity index (χ1v) is 31.2. The first-order chi connectivity index (χ1) is 42.9. The van der Waals surface area contributed by atoms with Crippen LogP contribution in [0.2, 0.25) is 0 Å². The molecular formula is C82H68N4O2. The fourth-order valence-electron chi connectivity index (χ4n) is 13.9. The van der Waals surface area contributed by atoms with Crippen LogP contribution in [-0.4, -0.2) is 9.13 Å². The van der Waals surface area contributed by atoms with E-state index in [0.29, 0.717) is 23.7 Å². The van der Waals surface area contributed by atoms with Crippen LogP contribution < -0.4 is 9.80 Å². The molecule has 6 nitrogen and oxygen atoms in total. The number of rotatable bonds is 12. The first-order valence-electron chi connectivity index (χ1n) is 31.2. The number of furan rings is 2. The Morgan fingerprint density at radius 3 is 0.966 bits per heavy atom. The molecule has 16 rings (SSSR count). The molecule has 4 aromatic heterocycles. The average molecular weight is 1140 g/mol. The van der Waals surface area contributed by atoms with Crippen molar-refractivity contribution in [2.45, 2.75) is 79.1 Å². The van der Waals surface area contributed by atoms with E-state index in [1.54, 1.807) is 0 Å². The summed E-state index contributed by atoms with van der Waals surface area (Å²) in [5.74, 6) is 1.64. The fraction of sp³-hybridized carbons (Fsp3) is 0.146. The molecule has 0 spiro atoms. The molecule has 0 aliphatic heterocycles. The smallest absolute Gasteiger partial charge is 0.137 e. The molecule has 0 aliphatic carbocycles. The second-order valence-corrected chi connectivity index (χ2v) is 25.3. The summed E-state index contributed by atoms with van der Waals surface area (Å²) in [6.45, 7) is 18.3. The Hall–Kier alpha value is -10.3. The second kappa shape index (κ2) is 20.7. The third-order valence-corrected chi connectivity index (χ3v) is 18.5. The van der Waals surface area contributed by atoms with Gasteiger partial charge in [0.05, 0.1) is 22.1 Å². The van der Waals surface area contributed by atoms with Crippen LogP contribution in [0.4, 0.5) is 34.1 Å². The normalized spacial score (nSPS) is 12.3. The van der Waals surface area contributed by atoms with Gasteiger partial charge in [0.2, 0.25) is 0 Å². The van der Waals surface area contributed by atoms with Gasteiger partial charge in [-0.25, -0.2) is 0 Å². The van der Waals surface area contributed by atoms with Crippen LogP contribution in [0, 0.1) is 0 Å². The molecule has 16 aromatic rings. The highest BCUT2D eigenvalue weighted by atomic mass is 16.3. The highest BCUT2D eigenvalue weighted by Crippen LogP contribution is 2.47. The Labute approximate surface area is 512 Å². The number of fused-ring (bicyclic) bond motifs is 15. The largest absolute Gasteiger partial charge is 0.456 e. The van der Waals surface area contributed by atoms with Crippen molar-refractivity contribution in [2.75, 3.05) is 9.80 Å². The molecule has 0 amide bonds. The molecule has 0 N–H and O–H groups in total. The maximum atomic E-state index is 6.90. The summed E-state index contributed by atoms with van der Waals surface area (Å²) in [6.07, 6.45) is 0. The molecule has 4 heterocycles. The highest BCUT2D eigenvalue weighted by Gasteiger charge is 2.24. The monoisotopic (exact) mass is 1140 g/mol. The number of nitrogens with zero attached hydrogens (tertiary/aromatic N) is 4. The van der Waals surface area contributed by atoms with Gasteiger partial charge >= 0.3 is 0 Å². The van der Waals surface area contributed by atoms with Crippen molar-refractivity contribution in [1.82, 2.24) is 9.13 Å². The third kappa shape index (κ3) is 8.59. The molecule has 0 atom stereocenters. The summed E-state index contributed by atoms with van der Waals surface area (Å²) < 4.78 is 18.7. The molecular weight excluding hydrogens is 1070 g/mol. The highest BCUT2D eigenvalue weighted by molar-refractivity contribution is 6.28. The van der Waals surface area contributed by atoms with E-state index in [1.807, 2.05) is 0 Å². The average Bonchev–Trinajstić information content (AvgIpc) is 1.79. The van der Waals surface area contributed by atoms with E-state index < -0.39 is 0 Å². The van der Waals surface area contributed by atoms with Gasteiger partial charge < -0.3 is 27.8 Å². The third-order valence-electron chi connectivity index (χ3n) is 18.5. The van der Waals surface area contributed by atoms with Crippen molar-refractivity contribution in [2.24, 2.45) is 0 Å². The summed E-state index contributed by atoms with van der Waals surface area (Å²) in [7, 11) is 0. The minimum Gasteiger partial charge on any atom is -0.456 e. The minimum atomic E-state index is 0.411. The minimum absolute atomic E-state index is 0.411. The fourth-order valence-corrected chi connectivity index (χ4v) is 13.9. The van der Waals surface area contributed by atoms with E-state index in [2.05, 4.69) is 317 Å². The predicted molar refractivity (Wildman–Crippen MR) is 373 cm³/mol. The zero-order chi connectivity index (χ0) is 59.6. The number of hydrogen-bond donors (Lipinski definition) is 0. The maximum absolute atomic E-state index is 6.90. The van der Waals surface area contributed by atoms with Crippen molar-refractivity contribution < 1.29 is 8.83 Å². The van der Waals surface area contributed by atoms with Gasteiger partial charge in [-0.3, -0.25) is 0 Å². The molecule has 0 unspecified atom stereocenters.